The molecule has 4 aliphatic rings. The number of ether oxygens (including phenoxy) is 4. The molecule has 4 aliphatic heterocycles. The van der Waals surface area contributed by atoms with Crippen molar-refractivity contribution in [1.29, 1.82) is 0 Å². The van der Waals surface area contributed by atoms with E-state index in [0.29, 0.717) is 113 Å². The second-order valence-electron chi connectivity index (χ2n) is 33.6. The Morgan fingerprint density at radius 1 is 0.273 bits per heavy atom. The van der Waals surface area contributed by atoms with Gasteiger partial charge >= 0.3 is 0 Å². The first kappa shape index (κ1) is 103. The van der Waals surface area contributed by atoms with Gasteiger partial charge in [-0.05, 0) is 111 Å². The zero-order valence-corrected chi connectivity index (χ0v) is 77.0. The number of halogens is 20. The van der Waals surface area contributed by atoms with Crippen molar-refractivity contribution in [2.24, 2.45) is 0 Å². The Hall–Kier alpha value is -18.2. The molecule has 4 saturated heterocycles. The Bertz CT molecular complexity index is 7630. The quantitative estimate of drug-likeness (QED) is 0.0313. The average molecular weight is 2090 g/mol. The van der Waals surface area contributed by atoms with Crippen LogP contribution in [0.25, 0.3) is 89.2 Å². The number of amides is 4. The summed E-state index contributed by atoms with van der Waals surface area (Å²) >= 11 is 0. The topological polar surface area (TPSA) is 397 Å². The summed E-state index contributed by atoms with van der Waals surface area (Å²) in [4.78, 5) is 87.7. The molecule has 32 nitrogen and oxygen atoms in total. The van der Waals surface area contributed by atoms with Gasteiger partial charge in [0.25, 0.3) is 0 Å². The fraction of sp³-hybridized carbons (Fsp3) is 0.184. The molecule has 150 heavy (non-hydrogen) atoms. The second kappa shape index (κ2) is 42.5. The maximum Gasteiger partial charge on any atom is 0.246 e. The van der Waals surface area contributed by atoms with Crippen LogP contribution in [-0.4, -0.2) is 175 Å². The van der Waals surface area contributed by atoms with Gasteiger partial charge in [-0.1, -0.05) is 26.3 Å². The number of carbonyl (C=O) groups is 4. The average Bonchev–Trinajstić information content (AvgIpc) is 1.62. The third kappa shape index (κ3) is 20.0. The van der Waals surface area contributed by atoms with Crippen LogP contribution in [0, 0.1) is 116 Å². The van der Waals surface area contributed by atoms with Crippen molar-refractivity contribution in [2.45, 2.75) is 62.7 Å². The minimum atomic E-state index is -1.77. The third-order valence-electron chi connectivity index (χ3n) is 24.5. The van der Waals surface area contributed by atoms with Gasteiger partial charge in [-0.15, -0.1) is 0 Å². The highest BCUT2D eigenvalue weighted by molar-refractivity contribution is 6.02. The zero-order chi connectivity index (χ0) is 107. The van der Waals surface area contributed by atoms with Crippen LogP contribution in [0.5, 0.6) is 46.0 Å². The van der Waals surface area contributed by atoms with Gasteiger partial charge in [-0.25, -0.2) is 111 Å². The predicted octanol–water partition coefficient (Wildman–Crippen LogP) is 18.9. The minimum Gasteiger partial charge on any atom is -0.451 e. The number of hydrogen-bond donors (Lipinski definition) is 4. The van der Waals surface area contributed by atoms with E-state index in [0.717, 1.165) is 48.5 Å². The van der Waals surface area contributed by atoms with E-state index in [-0.39, 0.29) is 162 Å². The van der Waals surface area contributed by atoms with Crippen molar-refractivity contribution in [3.63, 3.8) is 0 Å². The van der Waals surface area contributed by atoms with Gasteiger partial charge < -0.3 is 61.5 Å². The standard InChI is InChI=1S/2C25H19F5N6O2.2C24H17F5N6O2/c2*1-2-18(37)35-7-3-4-12(10-35)36-25-19(24(31)32-11-33-25)22(34-36)14-6-5-13(8-15(14)26)38-23-20(29)16(27)9-17(28)21(23)30;2*1-2-17(36)34-6-5-11(9-34)35-24-18(23(30)31-10-32-24)21(33-35)13-4-3-12(7-14(13)25)37-22-19(28)15(26)8-16(27)20(22)29/h2*2,5-6,8-9,11-12H,1,3-4,7,10H2,(H2,31,32,33);2*2-4,7-8,10-11H,1,5-6,9H2,(H2,30,31,32)/t2*12-;2*11-/m1010/s1. The Labute approximate surface area is 830 Å². The molecular weight excluding hydrogens is 2020 g/mol. The van der Waals surface area contributed by atoms with Crippen LogP contribution in [-0.2, 0) is 19.2 Å². The van der Waals surface area contributed by atoms with E-state index >= 15 is 17.6 Å². The fourth-order valence-electron chi connectivity index (χ4n) is 17.3. The van der Waals surface area contributed by atoms with Gasteiger partial charge in [0, 0.05) is 123 Å². The van der Waals surface area contributed by atoms with E-state index < -0.39 is 162 Å². The molecule has 0 saturated carbocycles. The van der Waals surface area contributed by atoms with E-state index in [2.05, 4.69) is 86.6 Å². The second-order valence-corrected chi connectivity index (χ2v) is 33.6. The van der Waals surface area contributed by atoms with Crippen molar-refractivity contribution >= 4 is 91.0 Å². The number of anilines is 4. The highest BCUT2D eigenvalue weighted by atomic mass is 19.2. The maximum absolute atomic E-state index is 15.3. The molecule has 12 heterocycles. The smallest absolute Gasteiger partial charge is 0.246 e. The largest absolute Gasteiger partial charge is 0.451 e. The summed E-state index contributed by atoms with van der Waals surface area (Å²) in [5.74, 6) is -39.1. The molecule has 772 valence electrons. The van der Waals surface area contributed by atoms with E-state index in [1.54, 1.807) is 38.3 Å². The maximum atomic E-state index is 15.3. The molecule has 20 rings (SSSR count). The summed E-state index contributed by atoms with van der Waals surface area (Å²) in [6.07, 6.45) is 13.6. The molecule has 4 amide bonds. The summed E-state index contributed by atoms with van der Waals surface area (Å²) < 4.78 is 307. The highest BCUT2D eigenvalue weighted by Crippen LogP contribution is 2.46. The molecule has 0 aliphatic carbocycles. The molecule has 52 heteroatoms. The van der Waals surface area contributed by atoms with E-state index in [4.69, 9.17) is 41.9 Å². The number of nitrogens with two attached hydrogens (primary N) is 4. The summed E-state index contributed by atoms with van der Waals surface area (Å²) in [7, 11) is 0. The summed E-state index contributed by atoms with van der Waals surface area (Å²) in [6.45, 7) is 17.3. The number of rotatable bonds is 20. The van der Waals surface area contributed by atoms with Crippen LogP contribution in [0.1, 0.15) is 62.7 Å². The number of nitrogen functional groups attached to an aromatic ring is 4. The molecule has 8 aromatic heterocycles. The first-order valence-electron chi connectivity index (χ1n) is 44.6. The third-order valence-corrected chi connectivity index (χ3v) is 24.5. The molecule has 0 unspecified atom stereocenters. The molecule has 0 spiro atoms. The lowest BCUT2D eigenvalue weighted by molar-refractivity contribution is -0.128. The van der Waals surface area contributed by atoms with Crippen LogP contribution < -0.4 is 41.9 Å². The lowest BCUT2D eigenvalue weighted by Gasteiger charge is -2.32. The van der Waals surface area contributed by atoms with Crippen molar-refractivity contribution in [1.82, 2.24) is 98.6 Å². The predicted molar refractivity (Wildman–Crippen MR) is 497 cm³/mol. The molecule has 0 bridgehead atoms. The van der Waals surface area contributed by atoms with Crippen molar-refractivity contribution in [3.8, 4) is 91.0 Å². The van der Waals surface area contributed by atoms with Gasteiger partial charge in [0.05, 0.1) is 45.7 Å². The van der Waals surface area contributed by atoms with Crippen LogP contribution in [0.3, 0.4) is 0 Å². The number of piperidine rings is 2. The van der Waals surface area contributed by atoms with Gasteiger partial charge in [-0.2, -0.15) is 55.5 Å². The molecular formula is C98H72F20N24O8. The SMILES string of the molecule is C=CC(=O)N1CCC[C@@H](n2nc(-c3ccc(Oc4c(F)c(F)cc(F)c4F)cc3F)c3c(N)ncnc32)C1.C=CC(=O)N1CCC[C@H](n2nc(-c3ccc(Oc4c(F)c(F)cc(F)c4F)cc3F)c3c(N)ncnc32)C1.C=CC(=O)N1CC[C@@H](n2nc(-c3ccc(Oc4c(F)c(F)cc(F)c4F)cc3F)c3c(N)ncnc32)C1.C=CC(=O)N1CC[C@H](n2nc(-c3ccc(Oc4c(F)c(F)cc(F)c4F)cc3F)c3c(N)ncnc32)C1. The number of carbonyl (C=O) groups excluding carboxylic acids is 4. The van der Waals surface area contributed by atoms with Crippen molar-refractivity contribution in [2.75, 3.05) is 75.3 Å². The van der Waals surface area contributed by atoms with Gasteiger partial charge in [0.1, 0.15) is 118 Å². The Morgan fingerprint density at radius 2 is 0.473 bits per heavy atom. The minimum absolute atomic E-state index is 0.0300. The van der Waals surface area contributed by atoms with E-state index in [1.165, 1.54) is 73.9 Å². The Kier molecular flexibility index (Phi) is 29.2. The highest BCUT2D eigenvalue weighted by Gasteiger charge is 2.38. The number of likely N-dealkylation sites (tertiary alicyclic amines) is 4. The van der Waals surface area contributed by atoms with Gasteiger partial charge in [-0.3, -0.25) is 19.2 Å². The first-order chi connectivity index (χ1) is 71.8. The molecule has 0 radical (unpaired) electrons. The number of hydrogen-bond acceptors (Lipinski definition) is 24. The van der Waals surface area contributed by atoms with Gasteiger partial charge in [0.2, 0.25) is 93.2 Å². The summed E-state index contributed by atoms with van der Waals surface area (Å²) in [5, 5.41) is 19.2. The van der Waals surface area contributed by atoms with Crippen molar-refractivity contribution < 1.29 is 126 Å². The van der Waals surface area contributed by atoms with E-state index in [1.807, 2.05) is 0 Å². The van der Waals surface area contributed by atoms with Crippen molar-refractivity contribution in [3.05, 3.63) is 289 Å². The van der Waals surface area contributed by atoms with Crippen LogP contribution in [0.4, 0.5) is 111 Å². The Balaban J connectivity index is 0.000000136. The van der Waals surface area contributed by atoms with Crippen LogP contribution in [0.15, 0.2) is 173 Å². The number of fused-ring (bicyclic) bond motifs is 4. The molecule has 16 aromatic rings. The fourth-order valence-corrected chi connectivity index (χ4v) is 17.3. The summed E-state index contributed by atoms with van der Waals surface area (Å²) in [5.41, 5.74) is 25.7. The monoisotopic (exact) mass is 2090 g/mol. The van der Waals surface area contributed by atoms with Crippen LogP contribution in [0.2, 0.25) is 0 Å². The Morgan fingerprint density at radius 3 is 0.673 bits per heavy atom. The normalized spacial score (nSPS) is 15.5. The molecule has 8 aromatic carbocycles. The number of aromatic nitrogens is 16. The number of benzene rings is 8. The number of nitrogens with zero attached hydrogens (tertiary/aromatic N) is 20. The molecule has 4 atom stereocenters. The first-order valence-corrected chi connectivity index (χ1v) is 44.6. The lowest BCUT2D eigenvalue weighted by Crippen LogP contribution is -2.40. The van der Waals surface area contributed by atoms with E-state index in [9.17, 15) is 89.4 Å². The molecule has 8 N–H and O–H groups in total. The molecule has 4 fully saturated rings. The van der Waals surface area contributed by atoms with Crippen LogP contribution >= 0.6 is 0 Å². The zero-order valence-electron chi connectivity index (χ0n) is 77.0. The lowest BCUT2D eigenvalue weighted by atomic mass is 10.1. The summed E-state index contributed by atoms with van der Waals surface area (Å²) in [6, 6.07) is 11.5. The van der Waals surface area contributed by atoms with Gasteiger partial charge in [0.15, 0.2) is 69.1 Å².